The van der Waals surface area contributed by atoms with Crippen LogP contribution in [-0.4, -0.2) is 56.5 Å². The molecule has 1 atom stereocenters. The number of sulfone groups is 1. The minimum atomic E-state index is -2.90. The van der Waals surface area contributed by atoms with Gasteiger partial charge >= 0.3 is 0 Å². The Bertz CT molecular complexity index is 314. The van der Waals surface area contributed by atoms with Gasteiger partial charge in [0, 0.05) is 19.1 Å². The van der Waals surface area contributed by atoms with Crippen molar-refractivity contribution in [3.8, 4) is 0 Å². The smallest absolute Gasteiger partial charge is 0.153 e. The van der Waals surface area contributed by atoms with Crippen molar-refractivity contribution in [2.24, 2.45) is 0 Å². The number of hydrogen-bond acceptors (Lipinski definition) is 4. The third-order valence-corrected chi connectivity index (χ3v) is 5.65. The summed E-state index contributed by atoms with van der Waals surface area (Å²) in [5.74, 6) is 0.293. The van der Waals surface area contributed by atoms with Crippen molar-refractivity contribution in [2.45, 2.75) is 44.9 Å². The highest BCUT2D eigenvalue weighted by Gasteiger charge is 2.20. The van der Waals surface area contributed by atoms with E-state index in [0.717, 1.165) is 32.5 Å². The summed E-state index contributed by atoms with van der Waals surface area (Å²) < 4.78 is 23.5. The molecule has 1 heterocycles. The first-order chi connectivity index (χ1) is 7.95. The summed E-state index contributed by atoms with van der Waals surface area (Å²) in [6, 6.07) is 0.513. The van der Waals surface area contributed by atoms with Crippen molar-refractivity contribution in [1.29, 1.82) is 0 Å². The average molecular weight is 262 g/mol. The van der Waals surface area contributed by atoms with E-state index < -0.39 is 9.84 Å². The van der Waals surface area contributed by atoms with E-state index in [1.807, 2.05) is 0 Å². The molecule has 0 saturated carbocycles. The zero-order valence-corrected chi connectivity index (χ0v) is 12.1. The van der Waals surface area contributed by atoms with Crippen LogP contribution in [0.5, 0.6) is 0 Å². The Hall–Kier alpha value is -0.130. The van der Waals surface area contributed by atoms with E-state index in [-0.39, 0.29) is 5.25 Å². The first-order valence-electron chi connectivity index (χ1n) is 6.63. The lowest BCUT2D eigenvalue weighted by atomic mass is 10.2. The Labute approximate surface area is 106 Å². The normalized spacial score (nSPS) is 23.9. The van der Waals surface area contributed by atoms with Gasteiger partial charge in [0.05, 0.1) is 11.0 Å². The molecule has 1 fully saturated rings. The molecular formula is C12H26N2O2S. The zero-order chi connectivity index (χ0) is 12.9. The van der Waals surface area contributed by atoms with E-state index in [1.165, 1.54) is 0 Å². The molecule has 1 unspecified atom stereocenters. The Morgan fingerprint density at radius 1 is 1.41 bits per heavy atom. The molecule has 1 saturated heterocycles. The molecule has 5 heteroatoms. The van der Waals surface area contributed by atoms with Crippen LogP contribution in [0.1, 0.15) is 33.6 Å². The summed E-state index contributed by atoms with van der Waals surface area (Å²) in [5.41, 5.74) is 0. The van der Waals surface area contributed by atoms with Crippen molar-refractivity contribution in [2.75, 3.05) is 31.9 Å². The third-order valence-electron chi connectivity index (χ3n) is 3.47. The first kappa shape index (κ1) is 14.9. The minimum Gasteiger partial charge on any atom is -0.313 e. The molecule has 1 rings (SSSR count). The first-order valence-corrected chi connectivity index (χ1v) is 8.34. The molecule has 0 aromatic rings. The highest BCUT2D eigenvalue weighted by Crippen LogP contribution is 2.06. The predicted octanol–water partition coefficient (Wildman–Crippen LogP) is 0.884. The number of hydrogen-bond donors (Lipinski definition) is 1. The van der Waals surface area contributed by atoms with Gasteiger partial charge in [-0.05, 0) is 39.8 Å². The van der Waals surface area contributed by atoms with Crippen LogP contribution < -0.4 is 5.32 Å². The second kappa shape index (κ2) is 6.71. The molecule has 0 amide bonds. The van der Waals surface area contributed by atoms with Gasteiger partial charge in [-0.1, -0.05) is 6.92 Å². The third kappa shape index (κ3) is 4.94. The molecule has 0 aromatic heterocycles. The van der Waals surface area contributed by atoms with Crippen LogP contribution >= 0.6 is 0 Å². The van der Waals surface area contributed by atoms with Crippen molar-refractivity contribution in [3.05, 3.63) is 0 Å². The van der Waals surface area contributed by atoms with E-state index in [2.05, 4.69) is 17.1 Å². The molecular weight excluding hydrogens is 236 g/mol. The monoisotopic (exact) mass is 262 g/mol. The highest BCUT2D eigenvalue weighted by atomic mass is 32.2. The Morgan fingerprint density at radius 2 is 2.12 bits per heavy atom. The molecule has 0 radical (unpaired) electrons. The van der Waals surface area contributed by atoms with Crippen LogP contribution in [0.4, 0.5) is 0 Å². The predicted molar refractivity (Wildman–Crippen MR) is 72.1 cm³/mol. The molecule has 1 N–H and O–H groups in total. The summed E-state index contributed by atoms with van der Waals surface area (Å²) in [6.07, 6.45) is 2.21. The minimum absolute atomic E-state index is 0.255. The van der Waals surface area contributed by atoms with Crippen LogP contribution in [-0.2, 0) is 9.84 Å². The molecule has 0 aromatic carbocycles. The summed E-state index contributed by atoms with van der Waals surface area (Å²) >= 11 is 0. The SMILES string of the molecule is CCC1CN(CCS(=O)(=O)C(C)C)CCCN1. The Balaban J connectivity index is 2.45. The fourth-order valence-corrected chi connectivity index (χ4v) is 3.03. The van der Waals surface area contributed by atoms with Gasteiger partial charge in [-0.2, -0.15) is 0 Å². The highest BCUT2D eigenvalue weighted by molar-refractivity contribution is 7.92. The van der Waals surface area contributed by atoms with Crippen molar-refractivity contribution < 1.29 is 8.42 Å². The summed E-state index contributed by atoms with van der Waals surface area (Å²) in [7, 11) is -2.90. The second-order valence-electron chi connectivity index (χ2n) is 5.13. The van der Waals surface area contributed by atoms with Gasteiger partial charge in [0.1, 0.15) is 0 Å². The van der Waals surface area contributed by atoms with Crippen LogP contribution in [0.15, 0.2) is 0 Å². The standard InChI is InChI=1S/C12H26N2O2S/c1-4-12-10-14(7-5-6-13-12)8-9-17(15,16)11(2)3/h11-13H,4-10H2,1-3H3. The van der Waals surface area contributed by atoms with Gasteiger partial charge in [-0.25, -0.2) is 8.42 Å². The summed E-state index contributed by atoms with van der Waals surface area (Å²) in [4.78, 5) is 2.29. The topological polar surface area (TPSA) is 49.4 Å². The lowest BCUT2D eigenvalue weighted by Gasteiger charge is -2.23. The van der Waals surface area contributed by atoms with Crippen LogP contribution in [0, 0.1) is 0 Å². The lowest BCUT2D eigenvalue weighted by molar-refractivity contribution is 0.279. The Morgan fingerprint density at radius 3 is 2.71 bits per heavy atom. The van der Waals surface area contributed by atoms with Gasteiger partial charge in [-0.3, -0.25) is 0 Å². The molecule has 0 aliphatic carbocycles. The van der Waals surface area contributed by atoms with E-state index in [0.29, 0.717) is 18.3 Å². The molecule has 1 aliphatic rings. The van der Waals surface area contributed by atoms with Crippen molar-refractivity contribution >= 4 is 9.84 Å². The average Bonchev–Trinajstić information content (AvgIpc) is 2.51. The molecule has 17 heavy (non-hydrogen) atoms. The maximum absolute atomic E-state index is 11.8. The van der Waals surface area contributed by atoms with Crippen LogP contribution in [0.2, 0.25) is 0 Å². The molecule has 0 bridgehead atoms. The Kier molecular flexibility index (Phi) is 5.89. The maximum Gasteiger partial charge on any atom is 0.153 e. The fraction of sp³-hybridized carbons (Fsp3) is 1.00. The van der Waals surface area contributed by atoms with E-state index in [9.17, 15) is 8.42 Å². The second-order valence-corrected chi connectivity index (χ2v) is 7.81. The van der Waals surface area contributed by atoms with Gasteiger partial charge in [0.25, 0.3) is 0 Å². The fourth-order valence-electron chi connectivity index (χ4n) is 2.04. The van der Waals surface area contributed by atoms with Gasteiger partial charge < -0.3 is 10.2 Å². The van der Waals surface area contributed by atoms with Crippen LogP contribution in [0.25, 0.3) is 0 Å². The van der Waals surface area contributed by atoms with E-state index in [4.69, 9.17) is 0 Å². The van der Waals surface area contributed by atoms with Crippen LogP contribution in [0.3, 0.4) is 0 Å². The molecule has 0 spiro atoms. The maximum atomic E-state index is 11.8. The lowest BCUT2D eigenvalue weighted by Crippen LogP contribution is -2.39. The number of rotatable bonds is 5. The zero-order valence-electron chi connectivity index (χ0n) is 11.3. The largest absolute Gasteiger partial charge is 0.313 e. The van der Waals surface area contributed by atoms with Crippen molar-refractivity contribution in [1.82, 2.24) is 10.2 Å². The van der Waals surface area contributed by atoms with Gasteiger partial charge in [0.2, 0.25) is 0 Å². The number of nitrogens with one attached hydrogen (secondary N) is 1. The summed E-state index contributed by atoms with van der Waals surface area (Å²) in [6.45, 7) is 9.40. The quantitative estimate of drug-likeness (QED) is 0.799. The molecule has 4 nitrogen and oxygen atoms in total. The molecule has 102 valence electrons. The van der Waals surface area contributed by atoms with E-state index >= 15 is 0 Å². The number of nitrogens with zero attached hydrogens (tertiary/aromatic N) is 1. The van der Waals surface area contributed by atoms with Crippen molar-refractivity contribution in [3.63, 3.8) is 0 Å². The summed E-state index contributed by atoms with van der Waals surface area (Å²) in [5, 5.41) is 3.24. The van der Waals surface area contributed by atoms with Gasteiger partial charge in [-0.15, -0.1) is 0 Å². The van der Waals surface area contributed by atoms with Gasteiger partial charge in [0.15, 0.2) is 9.84 Å². The molecule has 1 aliphatic heterocycles. The van der Waals surface area contributed by atoms with E-state index in [1.54, 1.807) is 13.8 Å².